The van der Waals surface area contributed by atoms with Crippen molar-refractivity contribution in [3.05, 3.63) is 53.3 Å². The van der Waals surface area contributed by atoms with Gasteiger partial charge in [0.2, 0.25) is 5.91 Å². The normalized spacial score (nSPS) is 22.6. The molecule has 0 spiro atoms. The lowest BCUT2D eigenvalue weighted by atomic mass is 9.82. The number of alkyl halides is 3. The van der Waals surface area contributed by atoms with Crippen molar-refractivity contribution in [3.8, 4) is 5.75 Å². The van der Waals surface area contributed by atoms with Gasteiger partial charge in [-0.1, -0.05) is 0 Å². The minimum absolute atomic E-state index is 0.0518. The highest BCUT2D eigenvalue weighted by molar-refractivity contribution is 6.06. The molecule has 4 N–H and O–H groups in total. The number of rotatable bonds is 5. The van der Waals surface area contributed by atoms with Gasteiger partial charge in [0.05, 0.1) is 23.8 Å². The maximum atomic E-state index is 13.1. The van der Waals surface area contributed by atoms with Crippen molar-refractivity contribution in [3.63, 3.8) is 0 Å². The van der Waals surface area contributed by atoms with Crippen molar-refractivity contribution in [2.45, 2.75) is 49.9 Å². The predicted octanol–water partition coefficient (Wildman–Crippen LogP) is 3.05. The van der Waals surface area contributed by atoms with E-state index in [1.165, 1.54) is 6.07 Å². The Kier molecular flexibility index (Phi) is 6.74. The fourth-order valence-electron chi connectivity index (χ4n) is 5.29. The number of fused-ring (bicyclic) bond motifs is 1. The molecule has 0 radical (unpaired) electrons. The van der Waals surface area contributed by atoms with Gasteiger partial charge in [-0.3, -0.25) is 14.7 Å². The van der Waals surface area contributed by atoms with Gasteiger partial charge in [-0.2, -0.15) is 13.2 Å². The number of aromatic nitrogens is 1. The lowest BCUT2D eigenvalue weighted by Crippen LogP contribution is -2.63. The summed E-state index contributed by atoms with van der Waals surface area (Å²) in [4.78, 5) is 23.4. The summed E-state index contributed by atoms with van der Waals surface area (Å²) in [6.07, 6.45) is 1.26. The predicted molar refractivity (Wildman–Crippen MR) is 129 cm³/mol. The molecule has 0 bridgehead atoms. The first-order valence-corrected chi connectivity index (χ1v) is 12.2. The lowest BCUT2D eigenvalue weighted by molar-refractivity contribution is -0.137. The first-order chi connectivity index (χ1) is 17.3. The van der Waals surface area contributed by atoms with Gasteiger partial charge in [-0.05, 0) is 56.0 Å². The monoisotopic (exact) mass is 502 g/mol. The van der Waals surface area contributed by atoms with Crippen molar-refractivity contribution < 1.29 is 23.1 Å². The summed E-state index contributed by atoms with van der Waals surface area (Å²) in [6, 6.07) is 7.37. The Bertz CT molecular complexity index is 1140. The van der Waals surface area contributed by atoms with Crippen LogP contribution in [0.4, 0.5) is 18.9 Å². The number of halogens is 3. The number of hydrogen-bond acceptors (Lipinski definition) is 7. The second-order valence-electron chi connectivity index (χ2n) is 9.58. The molecular weight excluding hydrogens is 473 g/mol. The van der Waals surface area contributed by atoms with E-state index in [0.29, 0.717) is 17.3 Å². The minimum atomic E-state index is -4.45. The third-order valence-electron chi connectivity index (χ3n) is 7.22. The molecule has 1 saturated heterocycles. The molecule has 1 aromatic heterocycles. The highest BCUT2D eigenvalue weighted by atomic mass is 19.4. The summed E-state index contributed by atoms with van der Waals surface area (Å²) < 4.78 is 39.3. The summed E-state index contributed by atoms with van der Waals surface area (Å²) >= 11 is 0. The van der Waals surface area contributed by atoms with E-state index in [4.69, 9.17) is 0 Å². The maximum absolute atomic E-state index is 13.1. The lowest BCUT2D eigenvalue weighted by Gasteiger charge is -2.46. The molecule has 1 aliphatic carbocycles. The van der Waals surface area contributed by atoms with Crippen LogP contribution in [0.1, 0.15) is 48.4 Å². The van der Waals surface area contributed by atoms with Crippen LogP contribution in [0.3, 0.4) is 0 Å². The Morgan fingerprint density at radius 2 is 1.94 bits per heavy atom. The van der Waals surface area contributed by atoms with Crippen molar-refractivity contribution in [2.75, 3.05) is 31.6 Å². The van der Waals surface area contributed by atoms with Gasteiger partial charge in [0.25, 0.3) is 0 Å². The number of anilines is 1. The van der Waals surface area contributed by atoms with E-state index >= 15 is 0 Å². The van der Waals surface area contributed by atoms with Crippen molar-refractivity contribution in [1.82, 2.24) is 20.5 Å². The van der Waals surface area contributed by atoms with Crippen LogP contribution in [-0.4, -0.2) is 65.1 Å². The molecule has 2 aliphatic heterocycles. The van der Waals surface area contributed by atoms with Crippen LogP contribution in [0.2, 0.25) is 0 Å². The largest absolute Gasteiger partial charge is 0.506 e. The average molecular weight is 503 g/mol. The molecule has 1 aromatic carbocycles. The SMILES string of the molecule is O=C(CNC1=NCNc2ccc(C(F)(F)F)cc21)NC1CN(C2CCC(c3ncccc3O)CC2)C1. The van der Waals surface area contributed by atoms with Crippen LogP contribution in [-0.2, 0) is 11.0 Å². The molecule has 1 saturated carbocycles. The second-order valence-corrected chi connectivity index (χ2v) is 9.58. The molecular formula is C25H29F3N6O2. The third kappa shape index (κ3) is 5.25. The van der Waals surface area contributed by atoms with E-state index in [-0.39, 0.29) is 42.7 Å². The number of carbonyl (C=O) groups excluding carboxylic acids is 1. The Hall–Kier alpha value is -3.34. The van der Waals surface area contributed by atoms with Crippen LogP contribution in [0.25, 0.3) is 0 Å². The molecule has 0 atom stereocenters. The zero-order chi connectivity index (χ0) is 25.3. The summed E-state index contributed by atoms with van der Waals surface area (Å²) in [5.41, 5.74) is 0.869. The van der Waals surface area contributed by atoms with Crippen LogP contribution in [0.5, 0.6) is 5.75 Å². The van der Waals surface area contributed by atoms with Crippen molar-refractivity contribution in [1.29, 1.82) is 0 Å². The fourth-order valence-corrected chi connectivity index (χ4v) is 5.29. The highest BCUT2D eigenvalue weighted by Crippen LogP contribution is 2.38. The number of nitrogens with one attached hydrogen (secondary N) is 3. The number of carbonyl (C=O) groups is 1. The number of hydrogen-bond donors (Lipinski definition) is 4. The molecule has 192 valence electrons. The van der Waals surface area contributed by atoms with Crippen molar-refractivity contribution >= 4 is 17.4 Å². The molecule has 3 aliphatic rings. The van der Waals surface area contributed by atoms with Gasteiger partial charge < -0.3 is 21.1 Å². The van der Waals surface area contributed by atoms with Gasteiger partial charge in [0.1, 0.15) is 18.3 Å². The first-order valence-electron chi connectivity index (χ1n) is 12.2. The maximum Gasteiger partial charge on any atom is 0.416 e. The number of likely N-dealkylation sites (tertiary alicyclic amines) is 1. The van der Waals surface area contributed by atoms with E-state index in [0.717, 1.165) is 56.6 Å². The first kappa shape index (κ1) is 24.4. The molecule has 36 heavy (non-hydrogen) atoms. The summed E-state index contributed by atoms with van der Waals surface area (Å²) in [7, 11) is 0. The molecule has 11 heteroatoms. The van der Waals surface area contributed by atoms with Crippen LogP contribution in [0, 0.1) is 0 Å². The van der Waals surface area contributed by atoms with Crippen LogP contribution >= 0.6 is 0 Å². The standard InChI is InChI=1S/C25H29F3N6O2/c26-25(27,28)16-5-8-20-19(10-16)24(32-14-31-20)30-11-22(36)33-17-12-34(13-17)18-6-3-15(4-7-18)23-21(35)2-1-9-29-23/h1-2,5,8-10,15,17-18,31,35H,3-4,6-7,11-14H2,(H,30,32)(H,33,36). The number of amides is 1. The zero-order valence-corrected chi connectivity index (χ0v) is 19.7. The molecule has 0 unspecified atom stereocenters. The number of aliphatic imine (C=N–C) groups is 1. The minimum Gasteiger partial charge on any atom is -0.506 e. The van der Waals surface area contributed by atoms with E-state index in [2.05, 4.69) is 30.8 Å². The van der Waals surface area contributed by atoms with Gasteiger partial charge in [0.15, 0.2) is 0 Å². The van der Waals surface area contributed by atoms with Gasteiger partial charge in [-0.15, -0.1) is 0 Å². The third-order valence-corrected chi connectivity index (χ3v) is 7.22. The van der Waals surface area contributed by atoms with E-state index in [9.17, 15) is 23.1 Å². The topological polar surface area (TPSA) is 102 Å². The molecule has 5 rings (SSSR count). The smallest absolute Gasteiger partial charge is 0.416 e. The highest BCUT2D eigenvalue weighted by Gasteiger charge is 2.36. The molecule has 3 heterocycles. The average Bonchev–Trinajstić information content (AvgIpc) is 2.84. The summed E-state index contributed by atoms with van der Waals surface area (Å²) in [5, 5.41) is 18.9. The Morgan fingerprint density at radius 1 is 1.17 bits per heavy atom. The number of aromatic hydroxyl groups is 1. The molecule has 2 fully saturated rings. The van der Waals surface area contributed by atoms with E-state index in [1.807, 2.05) is 0 Å². The fraction of sp³-hybridized carbons (Fsp3) is 0.480. The quantitative estimate of drug-likeness (QED) is 0.502. The van der Waals surface area contributed by atoms with E-state index in [1.54, 1.807) is 18.3 Å². The number of amidine groups is 1. The Balaban J connectivity index is 1.06. The zero-order valence-electron chi connectivity index (χ0n) is 19.7. The van der Waals surface area contributed by atoms with Crippen molar-refractivity contribution in [2.24, 2.45) is 4.99 Å². The van der Waals surface area contributed by atoms with Crippen LogP contribution < -0.4 is 16.0 Å². The van der Waals surface area contributed by atoms with Gasteiger partial charge >= 0.3 is 6.18 Å². The Morgan fingerprint density at radius 3 is 2.67 bits per heavy atom. The summed E-state index contributed by atoms with van der Waals surface area (Å²) in [5.74, 6) is 0.598. The molecule has 2 aromatic rings. The number of nitrogens with zero attached hydrogens (tertiary/aromatic N) is 3. The Labute approximate surface area is 207 Å². The van der Waals surface area contributed by atoms with Crippen LogP contribution in [0.15, 0.2) is 41.5 Å². The number of benzene rings is 1. The van der Waals surface area contributed by atoms with Gasteiger partial charge in [0, 0.05) is 42.5 Å². The van der Waals surface area contributed by atoms with Gasteiger partial charge in [-0.25, -0.2) is 4.99 Å². The molecule has 1 amide bonds. The second kappa shape index (κ2) is 9.96. The van der Waals surface area contributed by atoms with E-state index < -0.39 is 11.7 Å². The number of pyridine rings is 1. The molecule has 8 nitrogen and oxygen atoms in total. The summed E-state index contributed by atoms with van der Waals surface area (Å²) in [6.45, 7) is 1.71.